The van der Waals surface area contributed by atoms with Gasteiger partial charge in [0.1, 0.15) is 17.0 Å². The van der Waals surface area contributed by atoms with Crippen LogP contribution in [0.1, 0.15) is 0 Å². The van der Waals surface area contributed by atoms with Crippen LogP contribution in [0.4, 0.5) is 21.5 Å². The van der Waals surface area contributed by atoms with Crippen LogP contribution in [0.3, 0.4) is 0 Å². The first kappa shape index (κ1) is 12.0. The summed E-state index contributed by atoms with van der Waals surface area (Å²) in [5.74, 6) is -0.443. The molecule has 8 heteroatoms. The van der Waals surface area contributed by atoms with Gasteiger partial charge in [-0.05, 0) is 40.6 Å². The summed E-state index contributed by atoms with van der Waals surface area (Å²) in [6, 6.07) is 8.60. The van der Waals surface area contributed by atoms with E-state index in [9.17, 15) is 14.5 Å². The van der Waals surface area contributed by atoms with Crippen molar-refractivity contribution < 1.29 is 13.9 Å². The zero-order valence-electron chi connectivity index (χ0n) is 9.91. The monoisotopic (exact) mass is 274 g/mol. The number of nitrogens with zero attached hydrogens (tertiary/aromatic N) is 3. The first-order valence-corrected chi connectivity index (χ1v) is 5.57. The maximum atomic E-state index is 13.1. The fraction of sp³-hybridized carbons (Fsp3) is 0. The minimum atomic E-state index is -0.589. The second-order valence-electron chi connectivity index (χ2n) is 3.99. The molecule has 0 atom stereocenters. The van der Waals surface area contributed by atoms with Gasteiger partial charge in [0, 0.05) is 5.69 Å². The third-order valence-corrected chi connectivity index (χ3v) is 2.69. The van der Waals surface area contributed by atoms with Crippen LogP contribution in [-0.2, 0) is 0 Å². The van der Waals surface area contributed by atoms with E-state index < -0.39 is 10.7 Å². The van der Waals surface area contributed by atoms with Gasteiger partial charge in [0.05, 0.1) is 4.92 Å². The Morgan fingerprint density at radius 3 is 2.85 bits per heavy atom. The Morgan fingerprint density at radius 1 is 1.25 bits per heavy atom. The van der Waals surface area contributed by atoms with Crippen LogP contribution in [0, 0.1) is 15.9 Å². The Hall–Kier alpha value is -3.03. The topological polar surface area (TPSA) is 94.1 Å². The van der Waals surface area contributed by atoms with Gasteiger partial charge >= 0.3 is 5.69 Å². The van der Waals surface area contributed by atoms with Gasteiger partial charge < -0.3 is 5.32 Å². The highest BCUT2D eigenvalue weighted by atomic mass is 19.1. The van der Waals surface area contributed by atoms with E-state index in [1.807, 2.05) is 0 Å². The Balaban J connectivity index is 2.11. The zero-order chi connectivity index (χ0) is 14.1. The molecule has 100 valence electrons. The first-order chi connectivity index (χ1) is 9.65. The number of anilines is 2. The van der Waals surface area contributed by atoms with Crippen molar-refractivity contribution in [2.75, 3.05) is 5.32 Å². The fourth-order valence-corrected chi connectivity index (χ4v) is 1.85. The molecule has 0 saturated carbocycles. The second-order valence-corrected chi connectivity index (χ2v) is 3.99. The summed E-state index contributed by atoms with van der Waals surface area (Å²) in [5, 5.41) is 21.0. The Morgan fingerprint density at radius 2 is 2.10 bits per heavy atom. The lowest BCUT2D eigenvalue weighted by Crippen LogP contribution is -1.98. The molecular weight excluding hydrogens is 267 g/mol. The van der Waals surface area contributed by atoms with Gasteiger partial charge in [0.15, 0.2) is 0 Å². The number of nitro benzene ring substituents is 1. The van der Waals surface area contributed by atoms with E-state index in [1.165, 1.54) is 30.3 Å². The van der Waals surface area contributed by atoms with Crippen molar-refractivity contribution >= 4 is 28.1 Å². The maximum Gasteiger partial charge on any atom is 0.323 e. The number of halogens is 1. The van der Waals surface area contributed by atoms with E-state index in [4.69, 9.17) is 0 Å². The number of aromatic nitrogens is 2. The van der Waals surface area contributed by atoms with Crippen LogP contribution in [-0.4, -0.2) is 15.2 Å². The number of hydrogen-bond acceptors (Lipinski definition) is 6. The summed E-state index contributed by atoms with van der Waals surface area (Å²) in [7, 11) is 0. The molecule has 2 aromatic carbocycles. The summed E-state index contributed by atoms with van der Waals surface area (Å²) in [5.41, 5.74) is 0.624. The van der Waals surface area contributed by atoms with Crippen LogP contribution >= 0.6 is 0 Å². The number of benzene rings is 2. The number of fused-ring (bicyclic) bond motifs is 1. The molecule has 0 amide bonds. The smallest absolute Gasteiger partial charge is 0.323 e. The van der Waals surface area contributed by atoms with Gasteiger partial charge in [0.25, 0.3) is 0 Å². The summed E-state index contributed by atoms with van der Waals surface area (Å²) >= 11 is 0. The Labute approximate surface area is 111 Å². The SMILES string of the molecule is O=[N+]([O-])c1c(Nc2cccc(F)c2)ccc2nonc12. The lowest BCUT2D eigenvalue weighted by Gasteiger charge is -2.06. The van der Waals surface area contributed by atoms with Gasteiger partial charge in [-0.25, -0.2) is 9.02 Å². The van der Waals surface area contributed by atoms with E-state index in [0.29, 0.717) is 5.69 Å². The highest BCUT2D eigenvalue weighted by Crippen LogP contribution is 2.33. The van der Waals surface area contributed by atoms with Crippen LogP contribution < -0.4 is 5.32 Å². The number of rotatable bonds is 3. The summed E-state index contributed by atoms with van der Waals surface area (Å²) in [6.45, 7) is 0. The molecular formula is C12H7FN4O3. The molecule has 20 heavy (non-hydrogen) atoms. The molecule has 3 aromatic rings. The minimum Gasteiger partial charge on any atom is -0.350 e. The van der Waals surface area contributed by atoms with Crippen molar-refractivity contribution in [1.82, 2.24) is 10.3 Å². The molecule has 0 aliphatic carbocycles. The van der Waals surface area contributed by atoms with E-state index in [-0.39, 0.29) is 22.4 Å². The molecule has 0 radical (unpaired) electrons. The van der Waals surface area contributed by atoms with Crippen molar-refractivity contribution in [2.24, 2.45) is 0 Å². The molecule has 0 aliphatic heterocycles. The predicted molar refractivity (Wildman–Crippen MR) is 68.1 cm³/mol. The average Bonchev–Trinajstić information content (AvgIpc) is 2.86. The standard InChI is InChI=1S/C12H7FN4O3/c13-7-2-1-3-8(6-7)14-10-5-4-9-11(16-20-15-9)12(10)17(18)19/h1-6,14H. The Bertz CT molecular complexity index is 802. The maximum absolute atomic E-state index is 13.1. The normalized spacial score (nSPS) is 10.7. The zero-order valence-corrected chi connectivity index (χ0v) is 9.91. The van der Waals surface area contributed by atoms with Crippen LogP contribution in [0.25, 0.3) is 11.0 Å². The van der Waals surface area contributed by atoms with Gasteiger partial charge in [-0.3, -0.25) is 10.1 Å². The van der Waals surface area contributed by atoms with Gasteiger partial charge in [-0.1, -0.05) is 6.07 Å². The molecule has 7 nitrogen and oxygen atoms in total. The average molecular weight is 274 g/mol. The van der Waals surface area contributed by atoms with Gasteiger partial charge in [0.2, 0.25) is 5.52 Å². The van der Waals surface area contributed by atoms with E-state index in [2.05, 4.69) is 20.3 Å². The van der Waals surface area contributed by atoms with Crippen LogP contribution in [0.15, 0.2) is 41.0 Å². The van der Waals surface area contributed by atoms with E-state index in [1.54, 1.807) is 6.07 Å². The van der Waals surface area contributed by atoms with Crippen molar-refractivity contribution in [1.29, 1.82) is 0 Å². The lowest BCUT2D eigenvalue weighted by atomic mass is 10.2. The van der Waals surface area contributed by atoms with Crippen molar-refractivity contribution in [3.05, 3.63) is 52.3 Å². The Kier molecular flexibility index (Phi) is 2.75. The molecule has 0 saturated heterocycles. The van der Waals surface area contributed by atoms with Gasteiger partial charge in [-0.15, -0.1) is 0 Å². The first-order valence-electron chi connectivity index (χ1n) is 5.57. The quantitative estimate of drug-likeness (QED) is 0.582. The molecule has 3 rings (SSSR count). The highest BCUT2D eigenvalue weighted by Gasteiger charge is 2.22. The van der Waals surface area contributed by atoms with Crippen LogP contribution in [0.5, 0.6) is 0 Å². The van der Waals surface area contributed by atoms with Crippen molar-refractivity contribution in [3.63, 3.8) is 0 Å². The lowest BCUT2D eigenvalue weighted by molar-refractivity contribution is -0.382. The highest BCUT2D eigenvalue weighted by molar-refractivity contribution is 5.91. The molecule has 0 spiro atoms. The summed E-state index contributed by atoms with van der Waals surface area (Å²) in [4.78, 5) is 10.6. The van der Waals surface area contributed by atoms with E-state index in [0.717, 1.165) is 0 Å². The molecule has 0 unspecified atom stereocenters. The summed E-state index contributed by atoms with van der Waals surface area (Å²) in [6.07, 6.45) is 0. The van der Waals surface area contributed by atoms with Crippen molar-refractivity contribution in [3.8, 4) is 0 Å². The molecule has 0 bridgehead atoms. The fourth-order valence-electron chi connectivity index (χ4n) is 1.85. The third kappa shape index (κ3) is 2.03. The van der Waals surface area contributed by atoms with Gasteiger partial charge in [-0.2, -0.15) is 0 Å². The third-order valence-electron chi connectivity index (χ3n) is 2.69. The van der Waals surface area contributed by atoms with Crippen LogP contribution in [0.2, 0.25) is 0 Å². The largest absolute Gasteiger partial charge is 0.350 e. The molecule has 0 fully saturated rings. The molecule has 0 aliphatic rings. The van der Waals surface area contributed by atoms with Crippen molar-refractivity contribution in [2.45, 2.75) is 0 Å². The predicted octanol–water partition coefficient (Wildman–Crippen LogP) is 3.01. The number of nitro groups is 1. The summed E-state index contributed by atoms with van der Waals surface area (Å²) < 4.78 is 17.6. The molecule has 1 aromatic heterocycles. The number of nitrogens with one attached hydrogen (secondary N) is 1. The number of hydrogen-bond donors (Lipinski definition) is 1. The molecule has 1 heterocycles. The second kappa shape index (κ2) is 4.57. The van der Waals surface area contributed by atoms with E-state index >= 15 is 0 Å². The minimum absolute atomic E-state index is 0.0383. The molecule has 1 N–H and O–H groups in total.